The maximum atomic E-state index is 14.5. The molecule has 1 unspecified atom stereocenters. The number of hydrogen-bond donors (Lipinski definition) is 2. The average molecular weight is 709 g/mol. The van der Waals surface area contributed by atoms with Crippen molar-refractivity contribution in [3.63, 3.8) is 0 Å². The quantitative estimate of drug-likeness (QED) is 0.178. The lowest BCUT2D eigenvalue weighted by Crippen LogP contribution is -2.46. The van der Waals surface area contributed by atoms with Crippen molar-refractivity contribution < 1.29 is 19.4 Å². The standard InChI is InChI=1S/C33H37IN4O4Si/c1-22-31(43(2,3)41)30(16-17-37-20-28(35-36-37)26(21-39)24-11-5-4-6-12-24)42-33(22)27-14-7-8-15-29(27)38(32(33)40)19-23-10-9-13-25(34)18-23/h4-15,18,20,22,26,30-31,39,41H,16-17,19,21H2,1-3H3/t22-,26?,30+,31-,33+/m1/s1. The summed E-state index contributed by atoms with van der Waals surface area (Å²) < 4.78 is 9.83. The number of para-hydroxylation sites is 1. The van der Waals surface area contributed by atoms with Crippen LogP contribution < -0.4 is 4.90 Å². The van der Waals surface area contributed by atoms with Crippen LogP contribution in [0.25, 0.3) is 0 Å². The van der Waals surface area contributed by atoms with Crippen LogP contribution in [-0.4, -0.2) is 51.8 Å². The number of fused-ring (bicyclic) bond motifs is 2. The van der Waals surface area contributed by atoms with Crippen molar-refractivity contribution in [1.82, 2.24) is 15.0 Å². The zero-order chi connectivity index (χ0) is 30.4. The summed E-state index contributed by atoms with van der Waals surface area (Å²) >= 11 is 2.29. The minimum atomic E-state index is -2.77. The van der Waals surface area contributed by atoms with E-state index in [1.54, 1.807) is 4.68 Å². The maximum Gasteiger partial charge on any atom is 0.264 e. The summed E-state index contributed by atoms with van der Waals surface area (Å²) in [6.07, 6.45) is 2.10. The molecule has 3 aromatic carbocycles. The van der Waals surface area contributed by atoms with Gasteiger partial charge in [0.1, 0.15) is 0 Å². The molecule has 1 aromatic heterocycles. The van der Waals surface area contributed by atoms with E-state index in [1.165, 1.54) is 0 Å². The Morgan fingerprint density at radius 1 is 1.07 bits per heavy atom. The summed E-state index contributed by atoms with van der Waals surface area (Å²) in [5.74, 6) is -0.548. The highest BCUT2D eigenvalue weighted by molar-refractivity contribution is 14.1. The predicted octanol–water partition coefficient (Wildman–Crippen LogP) is 5.44. The zero-order valence-electron chi connectivity index (χ0n) is 24.6. The Kier molecular flexibility index (Phi) is 8.33. The largest absolute Gasteiger partial charge is 0.432 e. The van der Waals surface area contributed by atoms with Crippen LogP contribution in [0.15, 0.2) is 85.1 Å². The number of aromatic nitrogens is 3. The second-order valence-corrected chi connectivity index (χ2v) is 17.5. The number of carbonyl (C=O) groups is 1. The Morgan fingerprint density at radius 2 is 1.81 bits per heavy atom. The molecule has 4 aromatic rings. The number of carbonyl (C=O) groups excluding carboxylic acids is 1. The summed E-state index contributed by atoms with van der Waals surface area (Å²) in [6.45, 7) is 6.85. The zero-order valence-corrected chi connectivity index (χ0v) is 27.8. The normalized spacial score (nSPS) is 24.1. The van der Waals surface area contributed by atoms with Gasteiger partial charge in [-0.15, -0.1) is 5.10 Å². The van der Waals surface area contributed by atoms with E-state index in [2.05, 4.69) is 45.9 Å². The van der Waals surface area contributed by atoms with Gasteiger partial charge in [0.15, 0.2) is 13.9 Å². The van der Waals surface area contributed by atoms with E-state index in [0.717, 1.165) is 25.9 Å². The second kappa shape index (κ2) is 11.9. The fourth-order valence-corrected chi connectivity index (χ4v) is 10.4. The van der Waals surface area contributed by atoms with Crippen LogP contribution in [0.5, 0.6) is 0 Å². The first-order valence-corrected chi connectivity index (χ1v) is 18.9. The van der Waals surface area contributed by atoms with Gasteiger partial charge in [-0.3, -0.25) is 9.48 Å². The Balaban J connectivity index is 1.28. The number of hydrogen-bond acceptors (Lipinski definition) is 6. The average Bonchev–Trinajstić information content (AvgIpc) is 3.64. The first-order valence-electron chi connectivity index (χ1n) is 14.8. The van der Waals surface area contributed by atoms with E-state index in [9.17, 15) is 14.7 Å². The van der Waals surface area contributed by atoms with Crippen molar-refractivity contribution >= 4 is 42.5 Å². The third kappa shape index (κ3) is 5.48. The van der Waals surface area contributed by atoms with Crippen LogP contribution in [0.1, 0.15) is 41.6 Å². The molecule has 10 heteroatoms. The minimum Gasteiger partial charge on any atom is -0.432 e. The van der Waals surface area contributed by atoms with Gasteiger partial charge >= 0.3 is 0 Å². The molecule has 2 N–H and O–H groups in total. The molecule has 1 amide bonds. The predicted molar refractivity (Wildman–Crippen MR) is 176 cm³/mol. The lowest BCUT2D eigenvalue weighted by Gasteiger charge is -2.32. The number of aryl methyl sites for hydroxylation is 1. The van der Waals surface area contributed by atoms with Gasteiger partial charge in [-0.2, -0.15) is 0 Å². The van der Waals surface area contributed by atoms with Crippen molar-refractivity contribution in [2.24, 2.45) is 5.92 Å². The van der Waals surface area contributed by atoms with Crippen molar-refractivity contribution in [1.29, 1.82) is 0 Å². The number of aliphatic hydroxyl groups is 1. The molecule has 0 radical (unpaired) electrons. The summed E-state index contributed by atoms with van der Waals surface area (Å²) in [5.41, 5.74) is 3.15. The van der Waals surface area contributed by atoms with E-state index in [4.69, 9.17) is 4.74 Å². The van der Waals surface area contributed by atoms with Gasteiger partial charge in [-0.25, -0.2) is 0 Å². The summed E-state index contributed by atoms with van der Waals surface area (Å²) in [6, 6.07) is 25.9. The number of anilines is 1. The van der Waals surface area contributed by atoms with Crippen LogP contribution in [0, 0.1) is 9.49 Å². The van der Waals surface area contributed by atoms with Gasteiger partial charge in [0.25, 0.3) is 5.91 Å². The molecule has 1 spiro atoms. The number of halogens is 1. The molecule has 8 nitrogen and oxygen atoms in total. The third-order valence-corrected chi connectivity index (χ3v) is 12.2. The molecule has 1 saturated heterocycles. The fraction of sp³-hybridized carbons (Fsp3) is 0.364. The Hall–Kier alpha value is -2.90. The summed E-state index contributed by atoms with van der Waals surface area (Å²) in [7, 11) is -2.77. The van der Waals surface area contributed by atoms with Crippen LogP contribution >= 0.6 is 22.6 Å². The highest BCUT2D eigenvalue weighted by Gasteiger charge is 2.66. The van der Waals surface area contributed by atoms with E-state index in [-0.39, 0.29) is 36.0 Å². The lowest BCUT2D eigenvalue weighted by molar-refractivity contribution is -0.146. The number of amides is 1. The molecule has 0 aliphatic carbocycles. The number of aliphatic hydroxyl groups excluding tert-OH is 1. The molecule has 2 aliphatic heterocycles. The molecule has 1 fully saturated rings. The molecule has 3 heterocycles. The van der Waals surface area contributed by atoms with E-state index in [1.807, 2.05) is 97.0 Å². The van der Waals surface area contributed by atoms with E-state index < -0.39 is 13.9 Å². The van der Waals surface area contributed by atoms with E-state index in [0.29, 0.717) is 25.2 Å². The third-order valence-electron chi connectivity index (χ3n) is 9.06. The van der Waals surface area contributed by atoms with Gasteiger partial charge in [0.2, 0.25) is 0 Å². The molecule has 5 atom stereocenters. The molecule has 6 rings (SSSR count). The highest BCUT2D eigenvalue weighted by Crippen LogP contribution is 2.59. The van der Waals surface area contributed by atoms with Crippen LogP contribution in [0.2, 0.25) is 18.6 Å². The smallest absolute Gasteiger partial charge is 0.264 e. The van der Waals surface area contributed by atoms with Gasteiger partial charge in [-0.1, -0.05) is 72.8 Å². The SMILES string of the molecule is C[C@@H]1[C@@H]([Si](C)(C)O)[C@H](CCn2cc(C(CO)c3ccccc3)nn2)O[C@@]12C(=O)N(Cc1cccc(I)c1)c1ccccc12. The Labute approximate surface area is 267 Å². The number of ether oxygens (including phenoxy) is 1. The van der Waals surface area contributed by atoms with Gasteiger partial charge in [-0.05, 0) is 71.4 Å². The van der Waals surface area contributed by atoms with Gasteiger partial charge in [0.05, 0.1) is 36.6 Å². The van der Waals surface area contributed by atoms with Gasteiger partial charge < -0.3 is 19.5 Å². The minimum absolute atomic E-state index is 0.0671. The van der Waals surface area contributed by atoms with Crippen molar-refractivity contribution in [2.75, 3.05) is 11.5 Å². The fourth-order valence-electron chi connectivity index (χ4n) is 7.17. The first-order chi connectivity index (χ1) is 20.6. The summed E-state index contributed by atoms with van der Waals surface area (Å²) in [5, 5.41) is 18.8. The maximum absolute atomic E-state index is 14.5. The molecule has 0 saturated carbocycles. The Morgan fingerprint density at radius 3 is 2.53 bits per heavy atom. The number of rotatable bonds is 9. The topological polar surface area (TPSA) is 101 Å². The Bertz CT molecular complexity index is 1610. The number of benzene rings is 3. The van der Waals surface area contributed by atoms with Crippen LogP contribution in [0.3, 0.4) is 0 Å². The molecular weight excluding hydrogens is 671 g/mol. The van der Waals surface area contributed by atoms with Crippen LogP contribution in [0.4, 0.5) is 5.69 Å². The molecule has 224 valence electrons. The molecule has 0 bridgehead atoms. The van der Waals surface area contributed by atoms with Crippen LogP contribution in [-0.2, 0) is 28.2 Å². The monoisotopic (exact) mass is 708 g/mol. The van der Waals surface area contributed by atoms with E-state index >= 15 is 0 Å². The highest BCUT2D eigenvalue weighted by atomic mass is 127. The van der Waals surface area contributed by atoms with Gasteiger partial charge in [0, 0.05) is 33.3 Å². The number of nitrogens with zero attached hydrogens (tertiary/aromatic N) is 4. The first kappa shape index (κ1) is 30.1. The van der Waals surface area contributed by atoms with Crippen molar-refractivity contribution in [2.45, 2.75) is 62.7 Å². The van der Waals surface area contributed by atoms with Crippen molar-refractivity contribution in [3.8, 4) is 0 Å². The lowest BCUT2D eigenvalue weighted by atomic mass is 9.82. The molecule has 43 heavy (non-hydrogen) atoms. The molecular formula is C33H37IN4O4Si. The second-order valence-electron chi connectivity index (χ2n) is 12.2. The molecule has 2 aliphatic rings. The van der Waals surface area contributed by atoms with Crippen molar-refractivity contribution in [3.05, 3.63) is 111 Å². The summed E-state index contributed by atoms with van der Waals surface area (Å²) in [4.78, 5) is 27.9.